The number of aryl methyl sites for hydroxylation is 1. The second-order valence-corrected chi connectivity index (χ2v) is 5.86. The van der Waals surface area contributed by atoms with E-state index in [0.717, 1.165) is 18.8 Å². The molecular weight excluding hydrogens is 266 g/mol. The van der Waals surface area contributed by atoms with Crippen LogP contribution in [0.5, 0.6) is 5.75 Å². The van der Waals surface area contributed by atoms with Gasteiger partial charge in [0, 0.05) is 23.5 Å². The molecule has 0 aliphatic heterocycles. The maximum atomic E-state index is 5.37. The van der Waals surface area contributed by atoms with Crippen molar-refractivity contribution in [3.8, 4) is 5.75 Å². The third kappa shape index (κ3) is 4.14. The highest BCUT2D eigenvalue weighted by atomic mass is 79.9. The zero-order valence-electron chi connectivity index (χ0n) is 10.5. The summed E-state index contributed by atoms with van der Waals surface area (Å²) in [5, 5.41) is 0. The van der Waals surface area contributed by atoms with Crippen LogP contribution in [0.1, 0.15) is 18.1 Å². The molecule has 0 fully saturated rings. The summed E-state index contributed by atoms with van der Waals surface area (Å²) in [5.41, 5.74) is 2.52. The average Bonchev–Trinajstić information content (AvgIpc) is 2.16. The quantitative estimate of drug-likeness (QED) is 0.771. The van der Waals surface area contributed by atoms with Crippen molar-refractivity contribution < 1.29 is 4.74 Å². The second kappa shape index (κ2) is 6.26. The largest absolute Gasteiger partial charge is 0.496 e. The van der Waals surface area contributed by atoms with E-state index < -0.39 is 0 Å². The Balaban J connectivity index is 2.74. The third-order valence-electron chi connectivity index (χ3n) is 2.44. The number of halogens is 1. The van der Waals surface area contributed by atoms with Gasteiger partial charge in [0.1, 0.15) is 5.75 Å². The van der Waals surface area contributed by atoms with E-state index >= 15 is 0 Å². The molecule has 1 atom stereocenters. The molecular formula is C13H20BrNO. The molecule has 1 rings (SSSR count). The standard InChI is InChI=1S/C13H20BrNO/c1-10-5-6-13(16-4)12(7-10)9-15(3)8-11(2)14/h5-7,11H,8-9H2,1-4H3. The van der Waals surface area contributed by atoms with Crippen LogP contribution in [0.2, 0.25) is 0 Å². The predicted octanol–water partition coefficient (Wildman–Crippen LogP) is 3.22. The van der Waals surface area contributed by atoms with E-state index in [1.807, 2.05) is 6.07 Å². The van der Waals surface area contributed by atoms with Crippen molar-refractivity contribution >= 4 is 15.9 Å². The van der Waals surface area contributed by atoms with Crippen molar-refractivity contribution in [2.75, 3.05) is 20.7 Å². The summed E-state index contributed by atoms with van der Waals surface area (Å²) in [4.78, 5) is 2.80. The van der Waals surface area contributed by atoms with Gasteiger partial charge in [-0.15, -0.1) is 0 Å². The first-order chi connectivity index (χ1) is 7.52. The van der Waals surface area contributed by atoms with Crippen molar-refractivity contribution in [3.05, 3.63) is 29.3 Å². The summed E-state index contributed by atoms with van der Waals surface area (Å²) in [6, 6.07) is 6.31. The van der Waals surface area contributed by atoms with Gasteiger partial charge >= 0.3 is 0 Å². The number of methoxy groups -OCH3 is 1. The predicted molar refractivity (Wildman–Crippen MR) is 72.5 cm³/mol. The lowest BCUT2D eigenvalue weighted by Gasteiger charge is -2.19. The van der Waals surface area contributed by atoms with Crippen LogP contribution in [0, 0.1) is 6.92 Å². The first-order valence-electron chi connectivity index (χ1n) is 5.49. The van der Waals surface area contributed by atoms with Crippen molar-refractivity contribution in [1.82, 2.24) is 4.90 Å². The van der Waals surface area contributed by atoms with Gasteiger partial charge in [-0.2, -0.15) is 0 Å². The van der Waals surface area contributed by atoms with Crippen LogP contribution in [0.3, 0.4) is 0 Å². The lowest BCUT2D eigenvalue weighted by Crippen LogP contribution is -2.24. The molecule has 3 heteroatoms. The highest BCUT2D eigenvalue weighted by molar-refractivity contribution is 9.09. The van der Waals surface area contributed by atoms with E-state index in [1.54, 1.807) is 7.11 Å². The molecule has 0 saturated carbocycles. The summed E-state index contributed by atoms with van der Waals surface area (Å²) >= 11 is 3.57. The smallest absolute Gasteiger partial charge is 0.123 e. The second-order valence-electron chi connectivity index (χ2n) is 4.29. The highest BCUT2D eigenvalue weighted by Gasteiger charge is 2.08. The topological polar surface area (TPSA) is 12.5 Å². The molecule has 0 spiro atoms. The average molecular weight is 286 g/mol. The molecule has 1 aromatic rings. The molecule has 0 aromatic heterocycles. The van der Waals surface area contributed by atoms with E-state index in [0.29, 0.717) is 4.83 Å². The number of hydrogen-bond donors (Lipinski definition) is 0. The lowest BCUT2D eigenvalue weighted by molar-refractivity contribution is 0.322. The van der Waals surface area contributed by atoms with Crippen LogP contribution in [-0.4, -0.2) is 30.4 Å². The minimum atomic E-state index is 0.508. The zero-order valence-corrected chi connectivity index (χ0v) is 12.0. The Morgan fingerprint density at radius 1 is 1.44 bits per heavy atom. The van der Waals surface area contributed by atoms with Crippen LogP contribution < -0.4 is 4.74 Å². The van der Waals surface area contributed by atoms with E-state index in [1.165, 1.54) is 11.1 Å². The van der Waals surface area contributed by atoms with Crippen molar-refractivity contribution in [2.45, 2.75) is 25.2 Å². The summed E-state index contributed by atoms with van der Waals surface area (Å²) in [6.45, 7) is 6.21. The van der Waals surface area contributed by atoms with Crippen LogP contribution in [-0.2, 0) is 6.54 Å². The van der Waals surface area contributed by atoms with E-state index in [2.05, 4.69) is 53.9 Å². The molecule has 2 nitrogen and oxygen atoms in total. The molecule has 0 radical (unpaired) electrons. The molecule has 0 N–H and O–H groups in total. The molecule has 90 valence electrons. The molecule has 0 aliphatic carbocycles. The normalized spacial score (nSPS) is 12.9. The van der Waals surface area contributed by atoms with Crippen molar-refractivity contribution in [3.63, 3.8) is 0 Å². The first-order valence-corrected chi connectivity index (χ1v) is 6.40. The number of rotatable bonds is 5. The first kappa shape index (κ1) is 13.5. The van der Waals surface area contributed by atoms with Crippen LogP contribution in [0.15, 0.2) is 18.2 Å². The number of alkyl halides is 1. The van der Waals surface area contributed by atoms with E-state index in [9.17, 15) is 0 Å². The Morgan fingerprint density at radius 2 is 2.12 bits per heavy atom. The van der Waals surface area contributed by atoms with Gasteiger partial charge in [-0.1, -0.05) is 40.5 Å². The molecule has 0 saturated heterocycles. The summed E-state index contributed by atoms with van der Waals surface area (Å²) in [7, 11) is 3.85. The van der Waals surface area contributed by atoms with Crippen LogP contribution in [0.4, 0.5) is 0 Å². The summed E-state index contributed by atoms with van der Waals surface area (Å²) < 4.78 is 5.37. The molecule has 0 amide bonds. The molecule has 1 aromatic carbocycles. The SMILES string of the molecule is COc1ccc(C)cc1CN(C)CC(C)Br. The maximum absolute atomic E-state index is 5.37. The Labute approximate surface area is 107 Å². The van der Waals surface area contributed by atoms with E-state index in [-0.39, 0.29) is 0 Å². The number of ether oxygens (including phenoxy) is 1. The Kier molecular flexibility index (Phi) is 5.29. The fourth-order valence-corrected chi connectivity index (χ4v) is 2.31. The van der Waals surface area contributed by atoms with Gasteiger partial charge in [0.25, 0.3) is 0 Å². The van der Waals surface area contributed by atoms with Crippen molar-refractivity contribution in [1.29, 1.82) is 0 Å². The van der Waals surface area contributed by atoms with Gasteiger partial charge in [0.05, 0.1) is 7.11 Å². The number of nitrogens with zero attached hydrogens (tertiary/aromatic N) is 1. The molecule has 0 aliphatic rings. The number of benzene rings is 1. The highest BCUT2D eigenvalue weighted by Crippen LogP contribution is 2.21. The summed E-state index contributed by atoms with van der Waals surface area (Å²) in [6.07, 6.45) is 0. The van der Waals surface area contributed by atoms with Crippen LogP contribution >= 0.6 is 15.9 Å². The molecule has 16 heavy (non-hydrogen) atoms. The summed E-state index contributed by atoms with van der Waals surface area (Å²) in [5.74, 6) is 0.972. The number of hydrogen-bond acceptors (Lipinski definition) is 2. The minimum absolute atomic E-state index is 0.508. The molecule has 0 bridgehead atoms. The van der Waals surface area contributed by atoms with Gasteiger partial charge in [0.15, 0.2) is 0 Å². The maximum Gasteiger partial charge on any atom is 0.123 e. The Bertz CT molecular complexity index is 339. The zero-order chi connectivity index (χ0) is 12.1. The monoisotopic (exact) mass is 285 g/mol. The van der Waals surface area contributed by atoms with E-state index in [4.69, 9.17) is 4.74 Å². The third-order valence-corrected chi connectivity index (χ3v) is 2.73. The fraction of sp³-hybridized carbons (Fsp3) is 0.538. The van der Waals surface area contributed by atoms with Gasteiger partial charge < -0.3 is 9.64 Å². The van der Waals surface area contributed by atoms with Gasteiger partial charge in [0.2, 0.25) is 0 Å². The van der Waals surface area contributed by atoms with Crippen molar-refractivity contribution in [2.24, 2.45) is 0 Å². The fourth-order valence-electron chi connectivity index (χ4n) is 1.82. The van der Waals surface area contributed by atoms with Gasteiger partial charge in [-0.3, -0.25) is 0 Å². The Hall–Kier alpha value is -0.540. The minimum Gasteiger partial charge on any atom is -0.496 e. The van der Waals surface area contributed by atoms with Crippen LogP contribution in [0.25, 0.3) is 0 Å². The van der Waals surface area contributed by atoms with Gasteiger partial charge in [-0.25, -0.2) is 0 Å². The molecule has 1 unspecified atom stereocenters. The van der Waals surface area contributed by atoms with Gasteiger partial charge in [-0.05, 0) is 20.0 Å². The Morgan fingerprint density at radius 3 is 2.69 bits per heavy atom. The molecule has 0 heterocycles. The lowest BCUT2D eigenvalue weighted by atomic mass is 10.1.